The van der Waals surface area contributed by atoms with Crippen molar-refractivity contribution in [3.63, 3.8) is 0 Å². The summed E-state index contributed by atoms with van der Waals surface area (Å²) in [5, 5.41) is 3.48. The highest BCUT2D eigenvalue weighted by molar-refractivity contribution is 5.77. The molecule has 1 aliphatic carbocycles. The van der Waals surface area contributed by atoms with Crippen molar-refractivity contribution in [1.82, 2.24) is 5.32 Å². The molecule has 1 atom stereocenters. The maximum Gasteiger partial charge on any atom is 0.327 e. The van der Waals surface area contributed by atoms with E-state index >= 15 is 0 Å². The molecule has 116 valence electrons. The summed E-state index contributed by atoms with van der Waals surface area (Å²) in [5.41, 5.74) is 1.35. The number of hydrogen-bond acceptors (Lipinski definition) is 3. The van der Waals surface area contributed by atoms with Gasteiger partial charge in [0.25, 0.3) is 0 Å². The van der Waals surface area contributed by atoms with Crippen molar-refractivity contribution >= 4 is 5.97 Å². The van der Waals surface area contributed by atoms with E-state index in [0.717, 1.165) is 12.1 Å². The molecular weight excluding hydrogens is 262 g/mol. The van der Waals surface area contributed by atoms with E-state index in [4.69, 9.17) is 4.74 Å². The monoisotopic (exact) mass is 289 g/mol. The topological polar surface area (TPSA) is 38.3 Å². The molecule has 3 nitrogen and oxygen atoms in total. The van der Waals surface area contributed by atoms with Gasteiger partial charge in [-0.25, -0.2) is 4.79 Å². The third-order valence-corrected chi connectivity index (χ3v) is 4.75. The highest BCUT2D eigenvalue weighted by Crippen LogP contribution is 2.40. The number of carbonyl (C=O) groups is 1. The second-order valence-electron chi connectivity index (χ2n) is 6.04. The van der Waals surface area contributed by atoms with Gasteiger partial charge in [0.15, 0.2) is 0 Å². The van der Waals surface area contributed by atoms with Crippen molar-refractivity contribution in [2.45, 2.75) is 52.0 Å². The average Bonchev–Trinajstić information content (AvgIpc) is 2.98. The van der Waals surface area contributed by atoms with Gasteiger partial charge in [0.05, 0.1) is 6.61 Å². The number of benzene rings is 1. The lowest BCUT2D eigenvalue weighted by molar-refractivity contribution is -0.146. The molecular formula is C18H27NO2. The van der Waals surface area contributed by atoms with Crippen LogP contribution in [0, 0.1) is 5.41 Å². The summed E-state index contributed by atoms with van der Waals surface area (Å²) in [6.07, 6.45) is 6.32. The first-order valence-electron chi connectivity index (χ1n) is 8.16. The molecule has 21 heavy (non-hydrogen) atoms. The fourth-order valence-electron chi connectivity index (χ4n) is 3.31. The number of carbonyl (C=O) groups excluding carboxylic acids is 1. The van der Waals surface area contributed by atoms with Crippen molar-refractivity contribution in [1.29, 1.82) is 0 Å². The molecule has 1 aromatic carbocycles. The second-order valence-corrected chi connectivity index (χ2v) is 6.04. The fourth-order valence-corrected chi connectivity index (χ4v) is 3.31. The van der Waals surface area contributed by atoms with Crippen LogP contribution in [0.15, 0.2) is 30.3 Å². The third kappa shape index (κ3) is 4.07. The third-order valence-electron chi connectivity index (χ3n) is 4.75. The Balaban J connectivity index is 2.07. The zero-order valence-electron chi connectivity index (χ0n) is 13.2. The summed E-state index contributed by atoms with van der Waals surface area (Å²) in [6.45, 7) is 5.42. The lowest BCUT2D eigenvalue weighted by atomic mass is 9.83. The minimum absolute atomic E-state index is 0.173. The standard InChI is InChI=1S/C18H27NO2/c1-3-18(12-8-9-13-18)14-19-16(17(20)21-4-2)15-10-6-5-7-11-15/h5-7,10-11,16,19H,3-4,8-9,12-14H2,1-2H3. The van der Waals surface area contributed by atoms with Crippen LogP contribution in [0.3, 0.4) is 0 Å². The Kier molecular flexibility index (Phi) is 5.80. The minimum Gasteiger partial charge on any atom is -0.465 e. The van der Waals surface area contributed by atoms with E-state index in [0.29, 0.717) is 12.0 Å². The predicted octanol–water partition coefficient (Wildman–Crippen LogP) is 3.85. The maximum atomic E-state index is 12.3. The Hall–Kier alpha value is -1.35. The zero-order valence-corrected chi connectivity index (χ0v) is 13.2. The van der Waals surface area contributed by atoms with E-state index in [9.17, 15) is 4.79 Å². The molecule has 0 aromatic heterocycles. The molecule has 1 aromatic rings. The van der Waals surface area contributed by atoms with E-state index in [2.05, 4.69) is 12.2 Å². The van der Waals surface area contributed by atoms with Gasteiger partial charge in [-0.2, -0.15) is 0 Å². The quantitative estimate of drug-likeness (QED) is 0.775. The van der Waals surface area contributed by atoms with Crippen LogP contribution in [0.4, 0.5) is 0 Å². The second kappa shape index (κ2) is 7.60. The van der Waals surface area contributed by atoms with Crippen LogP contribution < -0.4 is 5.32 Å². The fraction of sp³-hybridized carbons (Fsp3) is 0.611. The van der Waals surface area contributed by atoms with Crippen molar-refractivity contribution in [2.75, 3.05) is 13.2 Å². The maximum absolute atomic E-state index is 12.3. The first-order chi connectivity index (χ1) is 10.2. The number of hydrogen-bond donors (Lipinski definition) is 1. The molecule has 1 saturated carbocycles. The van der Waals surface area contributed by atoms with Crippen LogP contribution >= 0.6 is 0 Å². The molecule has 1 aliphatic rings. The zero-order chi connectivity index (χ0) is 15.1. The van der Waals surface area contributed by atoms with Crippen LogP contribution in [-0.4, -0.2) is 19.1 Å². The molecule has 1 fully saturated rings. The van der Waals surface area contributed by atoms with Crippen LogP contribution in [0.25, 0.3) is 0 Å². The van der Waals surface area contributed by atoms with Gasteiger partial charge >= 0.3 is 5.97 Å². The average molecular weight is 289 g/mol. The summed E-state index contributed by atoms with van der Waals surface area (Å²) < 4.78 is 5.24. The largest absolute Gasteiger partial charge is 0.465 e. The van der Waals surface area contributed by atoms with Crippen molar-refractivity contribution in [3.8, 4) is 0 Å². The number of ether oxygens (including phenoxy) is 1. The number of rotatable bonds is 7. The lowest BCUT2D eigenvalue weighted by Gasteiger charge is -2.30. The smallest absolute Gasteiger partial charge is 0.327 e. The van der Waals surface area contributed by atoms with E-state index < -0.39 is 0 Å². The van der Waals surface area contributed by atoms with Gasteiger partial charge in [-0.3, -0.25) is 0 Å². The van der Waals surface area contributed by atoms with E-state index in [-0.39, 0.29) is 12.0 Å². The van der Waals surface area contributed by atoms with Crippen LogP contribution in [0.1, 0.15) is 57.6 Å². The summed E-state index contributed by atoms with van der Waals surface area (Å²) in [7, 11) is 0. The molecule has 2 rings (SSSR count). The van der Waals surface area contributed by atoms with Crippen LogP contribution in [-0.2, 0) is 9.53 Å². The van der Waals surface area contributed by atoms with E-state index in [1.807, 2.05) is 37.3 Å². The molecule has 0 bridgehead atoms. The summed E-state index contributed by atoms with van der Waals surface area (Å²) in [6, 6.07) is 9.53. The Bertz CT molecular complexity index is 438. The highest BCUT2D eigenvalue weighted by atomic mass is 16.5. The SMILES string of the molecule is CCOC(=O)C(NCC1(CC)CCCC1)c1ccccc1. The molecule has 1 N–H and O–H groups in total. The molecule has 0 aliphatic heterocycles. The van der Waals surface area contributed by atoms with Crippen LogP contribution in [0.5, 0.6) is 0 Å². The summed E-state index contributed by atoms with van der Waals surface area (Å²) >= 11 is 0. The van der Waals surface area contributed by atoms with Crippen LogP contribution in [0.2, 0.25) is 0 Å². The van der Waals surface area contributed by atoms with Crippen molar-refractivity contribution < 1.29 is 9.53 Å². The first-order valence-corrected chi connectivity index (χ1v) is 8.16. The van der Waals surface area contributed by atoms with Gasteiger partial charge in [-0.1, -0.05) is 50.1 Å². The van der Waals surface area contributed by atoms with Gasteiger partial charge < -0.3 is 10.1 Å². The lowest BCUT2D eigenvalue weighted by Crippen LogP contribution is -2.38. The van der Waals surface area contributed by atoms with Gasteiger partial charge in [0.1, 0.15) is 6.04 Å². The molecule has 0 heterocycles. The molecule has 0 saturated heterocycles. The molecule has 3 heteroatoms. The normalized spacial score (nSPS) is 18.4. The predicted molar refractivity (Wildman–Crippen MR) is 85.0 cm³/mol. The molecule has 0 spiro atoms. The molecule has 0 amide bonds. The van der Waals surface area contributed by atoms with Crippen molar-refractivity contribution in [3.05, 3.63) is 35.9 Å². The Morgan fingerprint density at radius 2 is 1.90 bits per heavy atom. The minimum atomic E-state index is -0.352. The Labute approximate surface area is 128 Å². The van der Waals surface area contributed by atoms with Gasteiger partial charge in [-0.15, -0.1) is 0 Å². The van der Waals surface area contributed by atoms with Gasteiger partial charge in [0.2, 0.25) is 0 Å². The van der Waals surface area contributed by atoms with E-state index in [1.54, 1.807) is 0 Å². The van der Waals surface area contributed by atoms with Gasteiger partial charge in [-0.05, 0) is 37.2 Å². The number of nitrogens with one attached hydrogen (secondary N) is 1. The number of esters is 1. The highest BCUT2D eigenvalue weighted by Gasteiger charge is 2.33. The van der Waals surface area contributed by atoms with E-state index in [1.165, 1.54) is 32.1 Å². The first kappa shape index (κ1) is 16.0. The Morgan fingerprint density at radius 1 is 1.24 bits per heavy atom. The molecule has 1 unspecified atom stereocenters. The summed E-state index contributed by atoms with van der Waals surface area (Å²) in [4.78, 5) is 12.3. The van der Waals surface area contributed by atoms with Crippen molar-refractivity contribution in [2.24, 2.45) is 5.41 Å². The molecule has 0 radical (unpaired) electrons. The van der Waals surface area contributed by atoms with Gasteiger partial charge in [0, 0.05) is 6.54 Å². The summed E-state index contributed by atoms with van der Waals surface area (Å²) in [5.74, 6) is -0.173. The Morgan fingerprint density at radius 3 is 2.48 bits per heavy atom.